The van der Waals surface area contributed by atoms with Gasteiger partial charge in [-0.25, -0.2) is 8.78 Å². The lowest BCUT2D eigenvalue weighted by atomic mass is 9.99. The Kier molecular flexibility index (Phi) is 4.94. The third-order valence-corrected chi connectivity index (χ3v) is 3.52. The Morgan fingerprint density at radius 3 is 2.30 bits per heavy atom. The van der Waals surface area contributed by atoms with E-state index in [4.69, 9.17) is 29.0 Å². The van der Waals surface area contributed by atoms with Gasteiger partial charge in [0.2, 0.25) is 0 Å². The standard InChI is InChI=1S/C14H12Cl2F2N2/c15-10-1-2-13(16)8(3-10)6-14(20-19)9-4-11(17)7-12(18)5-9/h1-5,7,14,20H,6,19H2. The normalized spacial score (nSPS) is 12.4. The fourth-order valence-corrected chi connectivity index (χ4v) is 2.36. The summed E-state index contributed by atoms with van der Waals surface area (Å²) in [5, 5.41) is 1.05. The monoisotopic (exact) mass is 316 g/mol. The van der Waals surface area contributed by atoms with Crippen molar-refractivity contribution in [1.29, 1.82) is 0 Å². The van der Waals surface area contributed by atoms with Crippen molar-refractivity contribution in [1.82, 2.24) is 5.43 Å². The lowest BCUT2D eigenvalue weighted by Crippen LogP contribution is -2.29. The largest absolute Gasteiger partial charge is 0.271 e. The average Bonchev–Trinajstić information content (AvgIpc) is 2.38. The van der Waals surface area contributed by atoms with Gasteiger partial charge in [0.15, 0.2) is 0 Å². The molecule has 0 aliphatic heterocycles. The number of benzene rings is 2. The van der Waals surface area contributed by atoms with Crippen LogP contribution in [0, 0.1) is 11.6 Å². The van der Waals surface area contributed by atoms with Crippen LogP contribution < -0.4 is 11.3 Å². The first kappa shape index (κ1) is 15.2. The summed E-state index contributed by atoms with van der Waals surface area (Å²) in [6.07, 6.45) is 0.360. The van der Waals surface area contributed by atoms with Gasteiger partial charge in [-0.3, -0.25) is 11.3 Å². The van der Waals surface area contributed by atoms with Gasteiger partial charge >= 0.3 is 0 Å². The molecule has 20 heavy (non-hydrogen) atoms. The molecule has 106 valence electrons. The Balaban J connectivity index is 2.30. The van der Waals surface area contributed by atoms with Crippen molar-refractivity contribution in [3.8, 4) is 0 Å². The molecule has 0 saturated heterocycles. The van der Waals surface area contributed by atoms with Crippen molar-refractivity contribution < 1.29 is 8.78 Å². The molecular weight excluding hydrogens is 305 g/mol. The average molecular weight is 317 g/mol. The Hall–Kier alpha value is -1.20. The second-order valence-electron chi connectivity index (χ2n) is 4.36. The van der Waals surface area contributed by atoms with Crippen LogP contribution in [0.4, 0.5) is 8.78 Å². The van der Waals surface area contributed by atoms with E-state index in [9.17, 15) is 8.78 Å². The van der Waals surface area contributed by atoms with Crippen molar-refractivity contribution >= 4 is 23.2 Å². The number of halogens is 4. The molecule has 1 atom stereocenters. The summed E-state index contributed by atoms with van der Waals surface area (Å²) >= 11 is 12.0. The van der Waals surface area contributed by atoms with Crippen LogP contribution in [-0.4, -0.2) is 0 Å². The Labute approximate surface area is 125 Å². The minimum atomic E-state index is -0.655. The third-order valence-electron chi connectivity index (χ3n) is 2.92. The second kappa shape index (κ2) is 6.50. The maximum absolute atomic E-state index is 13.3. The van der Waals surface area contributed by atoms with E-state index in [0.29, 0.717) is 22.0 Å². The van der Waals surface area contributed by atoms with E-state index in [1.807, 2.05) is 0 Å². The van der Waals surface area contributed by atoms with E-state index in [2.05, 4.69) is 5.43 Å². The topological polar surface area (TPSA) is 38.0 Å². The van der Waals surface area contributed by atoms with Gasteiger partial charge in [0.1, 0.15) is 11.6 Å². The Bertz CT molecular complexity index is 600. The number of hydrogen-bond donors (Lipinski definition) is 2. The molecule has 2 aromatic carbocycles. The lowest BCUT2D eigenvalue weighted by molar-refractivity contribution is 0.530. The molecule has 6 heteroatoms. The minimum Gasteiger partial charge on any atom is -0.271 e. The molecule has 0 heterocycles. The molecule has 1 unspecified atom stereocenters. The van der Waals surface area contributed by atoms with E-state index >= 15 is 0 Å². The molecule has 2 aromatic rings. The number of nitrogens with two attached hydrogens (primary N) is 1. The van der Waals surface area contributed by atoms with Gasteiger partial charge in [0, 0.05) is 16.1 Å². The maximum Gasteiger partial charge on any atom is 0.126 e. The Morgan fingerprint density at radius 1 is 1.05 bits per heavy atom. The summed E-state index contributed by atoms with van der Waals surface area (Å²) in [5.74, 6) is 4.16. The highest BCUT2D eigenvalue weighted by Crippen LogP contribution is 2.26. The predicted octanol–water partition coefficient (Wildman–Crippen LogP) is 4.02. The number of nitrogens with one attached hydrogen (secondary N) is 1. The van der Waals surface area contributed by atoms with Crippen LogP contribution in [0.2, 0.25) is 10.0 Å². The summed E-state index contributed by atoms with van der Waals surface area (Å²) in [5.41, 5.74) is 3.68. The number of hydrazine groups is 1. The van der Waals surface area contributed by atoms with Gasteiger partial charge in [0.25, 0.3) is 0 Å². The van der Waals surface area contributed by atoms with Gasteiger partial charge in [-0.05, 0) is 47.9 Å². The summed E-state index contributed by atoms with van der Waals surface area (Å²) in [4.78, 5) is 0. The van der Waals surface area contributed by atoms with E-state index < -0.39 is 17.7 Å². The molecule has 0 aliphatic carbocycles. The highest BCUT2D eigenvalue weighted by molar-refractivity contribution is 6.33. The third kappa shape index (κ3) is 3.67. The van der Waals surface area contributed by atoms with Crippen LogP contribution in [0.5, 0.6) is 0 Å². The van der Waals surface area contributed by atoms with E-state index in [1.54, 1.807) is 18.2 Å². The lowest BCUT2D eigenvalue weighted by Gasteiger charge is -2.17. The fourth-order valence-electron chi connectivity index (χ4n) is 1.97. The summed E-state index contributed by atoms with van der Waals surface area (Å²) in [6, 6.07) is 7.82. The minimum absolute atomic E-state index is 0.360. The van der Waals surface area contributed by atoms with Gasteiger partial charge in [-0.1, -0.05) is 23.2 Å². The first-order chi connectivity index (χ1) is 9.49. The van der Waals surface area contributed by atoms with E-state index in [1.165, 1.54) is 12.1 Å². The summed E-state index contributed by atoms with van der Waals surface area (Å²) < 4.78 is 26.5. The molecule has 0 fully saturated rings. The number of hydrogen-bond acceptors (Lipinski definition) is 2. The van der Waals surface area contributed by atoms with Crippen LogP contribution in [0.3, 0.4) is 0 Å². The highest BCUT2D eigenvalue weighted by Gasteiger charge is 2.15. The molecule has 0 saturated carbocycles. The molecular formula is C14H12Cl2F2N2. The molecule has 3 N–H and O–H groups in total. The van der Waals surface area contributed by atoms with Crippen molar-refractivity contribution in [3.05, 3.63) is 69.2 Å². The van der Waals surface area contributed by atoms with Crippen molar-refractivity contribution in [3.63, 3.8) is 0 Å². The first-order valence-electron chi connectivity index (χ1n) is 5.85. The van der Waals surface area contributed by atoms with Gasteiger partial charge in [-0.15, -0.1) is 0 Å². The molecule has 2 nitrogen and oxygen atoms in total. The zero-order valence-electron chi connectivity index (χ0n) is 10.3. The smallest absolute Gasteiger partial charge is 0.126 e. The van der Waals surface area contributed by atoms with Crippen molar-refractivity contribution in [2.24, 2.45) is 5.84 Å². The van der Waals surface area contributed by atoms with Gasteiger partial charge < -0.3 is 0 Å². The molecule has 2 rings (SSSR count). The molecule has 0 bridgehead atoms. The fraction of sp³-hybridized carbons (Fsp3) is 0.143. The second-order valence-corrected chi connectivity index (χ2v) is 5.21. The van der Waals surface area contributed by atoms with Crippen LogP contribution >= 0.6 is 23.2 Å². The molecule has 0 aromatic heterocycles. The molecule has 0 aliphatic rings. The predicted molar refractivity (Wildman–Crippen MR) is 76.6 cm³/mol. The molecule has 0 radical (unpaired) electrons. The van der Waals surface area contributed by atoms with Crippen LogP contribution in [0.1, 0.15) is 17.2 Å². The number of rotatable bonds is 4. The van der Waals surface area contributed by atoms with Crippen molar-refractivity contribution in [2.75, 3.05) is 0 Å². The molecule has 0 spiro atoms. The summed E-state index contributed by atoms with van der Waals surface area (Å²) in [7, 11) is 0. The van der Waals surface area contributed by atoms with Gasteiger partial charge in [-0.2, -0.15) is 0 Å². The van der Waals surface area contributed by atoms with Crippen LogP contribution in [-0.2, 0) is 6.42 Å². The van der Waals surface area contributed by atoms with Gasteiger partial charge in [0.05, 0.1) is 6.04 Å². The highest BCUT2D eigenvalue weighted by atomic mass is 35.5. The first-order valence-corrected chi connectivity index (χ1v) is 6.61. The van der Waals surface area contributed by atoms with Crippen molar-refractivity contribution in [2.45, 2.75) is 12.5 Å². The molecule has 0 amide bonds. The van der Waals surface area contributed by atoms with E-state index in [-0.39, 0.29) is 0 Å². The maximum atomic E-state index is 13.3. The zero-order chi connectivity index (χ0) is 14.7. The van der Waals surface area contributed by atoms with Crippen LogP contribution in [0.25, 0.3) is 0 Å². The Morgan fingerprint density at radius 2 is 1.70 bits per heavy atom. The van der Waals surface area contributed by atoms with E-state index in [0.717, 1.165) is 11.6 Å². The zero-order valence-corrected chi connectivity index (χ0v) is 11.8. The van der Waals surface area contributed by atoms with Crippen LogP contribution in [0.15, 0.2) is 36.4 Å². The summed E-state index contributed by atoms with van der Waals surface area (Å²) in [6.45, 7) is 0. The quantitative estimate of drug-likeness (QED) is 0.660. The SMILES string of the molecule is NNC(Cc1cc(Cl)ccc1Cl)c1cc(F)cc(F)c1.